The molecule has 0 aromatic heterocycles. The minimum Gasteiger partial charge on any atom is -0.376 e. The molecule has 1 rings (SSSR count). The quantitative estimate of drug-likeness (QED) is 0.621. The Morgan fingerprint density at radius 3 is 1.65 bits per heavy atom. The summed E-state index contributed by atoms with van der Waals surface area (Å²) in [6.07, 6.45) is 0. The van der Waals surface area contributed by atoms with Crippen molar-refractivity contribution in [1.29, 1.82) is 0 Å². The van der Waals surface area contributed by atoms with Crippen molar-refractivity contribution in [2.45, 2.75) is 33.7 Å². The van der Waals surface area contributed by atoms with E-state index in [4.69, 9.17) is 13.3 Å². The standard InChI is InChI=1S/C6H16O3Si.C5H12N2/c1-4-7-10(8-5-2)9-6-3;1-2-7-5-3-6-4-5/h10H,4-6H2,1-3H3;5-7H,2-4H2,1H3. The predicted molar refractivity (Wildman–Crippen MR) is 72.4 cm³/mol. The second-order valence-corrected chi connectivity index (χ2v) is 5.14. The van der Waals surface area contributed by atoms with Crippen LogP contribution in [0.15, 0.2) is 0 Å². The summed E-state index contributed by atoms with van der Waals surface area (Å²) < 4.78 is 15.7. The minimum atomic E-state index is -1.73. The van der Waals surface area contributed by atoms with E-state index in [0.29, 0.717) is 19.8 Å². The van der Waals surface area contributed by atoms with Crippen LogP contribution in [0.25, 0.3) is 0 Å². The molecule has 1 fully saturated rings. The topological polar surface area (TPSA) is 51.8 Å². The summed E-state index contributed by atoms with van der Waals surface area (Å²) in [5.41, 5.74) is 0. The van der Waals surface area contributed by atoms with Crippen LogP contribution in [0, 0.1) is 0 Å². The largest absolute Gasteiger partial charge is 0.484 e. The number of nitrogens with one attached hydrogen (secondary N) is 2. The first kappa shape index (κ1) is 17.0. The molecule has 0 radical (unpaired) electrons. The van der Waals surface area contributed by atoms with Gasteiger partial charge in [-0.25, -0.2) is 0 Å². The van der Waals surface area contributed by atoms with Crippen molar-refractivity contribution in [2.75, 3.05) is 39.5 Å². The Bertz CT molecular complexity index is 145. The molecule has 0 saturated carbocycles. The van der Waals surface area contributed by atoms with Crippen molar-refractivity contribution in [2.24, 2.45) is 0 Å². The van der Waals surface area contributed by atoms with E-state index in [0.717, 1.165) is 25.7 Å². The van der Waals surface area contributed by atoms with Crippen LogP contribution in [0.3, 0.4) is 0 Å². The molecule has 104 valence electrons. The Morgan fingerprint density at radius 2 is 1.47 bits per heavy atom. The zero-order valence-corrected chi connectivity index (χ0v) is 12.8. The van der Waals surface area contributed by atoms with E-state index in [1.807, 2.05) is 20.8 Å². The van der Waals surface area contributed by atoms with Gasteiger partial charge in [0.1, 0.15) is 0 Å². The van der Waals surface area contributed by atoms with Gasteiger partial charge in [0, 0.05) is 39.0 Å². The van der Waals surface area contributed by atoms with E-state index in [1.54, 1.807) is 0 Å². The van der Waals surface area contributed by atoms with E-state index < -0.39 is 9.53 Å². The zero-order chi connectivity index (χ0) is 12.9. The molecule has 17 heavy (non-hydrogen) atoms. The highest BCUT2D eigenvalue weighted by atomic mass is 28.3. The van der Waals surface area contributed by atoms with E-state index in [-0.39, 0.29) is 0 Å². The molecule has 6 heteroatoms. The molecular formula is C11H28N2O3Si. The lowest BCUT2D eigenvalue weighted by atomic mass is 10.2. The number of rotatable bonds is 8. The van der Waals surface area contributed by atoms with Crippen molar-refractivity contribution >= 4 is 9.53 Å². The number of likely N-dealkylation sites (N-methyl/N-ethyl adjacent to an activating group) is 1. The Morgan fingerprint density at radius 1 is 1.00 bits per heavy atom. The average Bonchev–Trinajstić information content (AvgIpc) is 2.26. The molecule has 0 atom stereocenters. The van der Waals surface area contributed by atoms with Gasteiger partial charge < -0.3 is 23.9 Å². The van der Waals surface area contributed by atoms with Crippen LogP contribution in [-0.4, -0.2) is 55.0 Å². The van der Waals surface area contributed by atoms with E-state index >= 15 is 0 Å². The monoisotopic (exact) mass is 264 g/mol. The summed E-state index contributed by atoms with van der Waals surface area (Å²) in [5, 5.41) is 6.50. The van der Waals surface area contributed by atoms with Crippen LogP contribution in [0.2, 0.25) is 0 Å². The molecule has 2 N–H and O–H groups in total. The van der Waals surface area contributed by atoms with Crippen LogP contribution in [0.1, 0.15) is 27.7 Å². The molecule has 1 saturated heterocycles. The summed E-state index contributed by atoms with van der Waals surface area (Å²) in [5.74, 6) is 0. The molecule has 1 aliphatic rings. The lowest BCUT2D eigenvalue weighted by molar-refractivity contribution is 0.107. The van der Waals surface area contributed by atoms with Gasteiger partial charge in [0.2, 0.25) is 0 Å². The molecule has 1 aliphatic heterocycles. The van der Waals surface area contributed by atoms with Crippen molar-refractivity contribution in [3.63, 3.8) is 0 Å². The van der Waals surface area contributed by atoms with Gasteiger partial charge in [0.25, 0.3) is 0 Å². The molecule has 0 amide bonds. The Kier molecular flexibility index (Phi) is 12.5. The third-order valence-corrected chi connectivity index (χ3v) is 4.00. The van der Waals surface area contributed by atoms with E-state index in [1.165, 1.54) is 0 Å². The number of hydrogen-bond donors (Lipinski definition) is 2. The maximum absolute atomic E-state index is 5.22. The van der Waals surface area contributed by atoms with Crippen LogP contribution >= 0.6 is 0 Å². The summed E-state index contributed by atoms with van der Waals surface area (Å²) >= 11 is 0. The Hall–Kier alpha value is 0.0169. The van der Waals surface area contributed by atoms with Gasteiger partial charge >= 0.3 is 9.53 Å². The fraction of sp³-hybridized carbons (Fsp3) is 1.00. The number of hydrogen-bond acceptors (Lipinski definition) is 5. The van der Waals surface area contributed by atoms with Gasteiger partial charge in [0.15, 0.2) is 0 Å². The molecule has 0 spiro atoms. The summed E-state index contributed by atoms with van der Waals surface area (Å²) in [4.78, 5) is 0. The smallest absolute Gasteiger partial charge is 0.376 e. The first-order chi connectivity index (χ1) is 8.28. The lowest BCUT2D eigenvalue weighted by Crippen LogP contribution is -2.55. The second-order valence-electron chi connectivity index (χ2n) is 3.57. The molecular weight excluding hydrogens is 236 g/mol. The van der Waals surface area contributed by atoms with Crippen molar-refractivity contribution in [3.8, 4) is 0 Å². The predicted octanol–water partition coefficient (Wildman–Crippen LogP) is 0.381. The normalized spacial score (nSPS) is 15.4. The van der Waals surface area contributed by atoms with E-state index in [9.17, 15) is 0 Å². The third-order valence-electron chi connectivity index (χ3n) is 2.18. The van der Waals surface area contributed by atoms with E-state index in [2.05, 4.69) is 17.6 Å². The van der Waals surface area contributed by atoms with Crippen molar-refractivity contribution < 1.29 is 13.3 Å². The molecule has 0 aliphatic carbocycles. The molecule has 0 bridgehead atoms. The Balaban J connectivity index is 0.000000318. The fourth-order valence-corrected chi connectivity index (χ4v) is 2.38. The van der Waals surface area contributed by atoms with Crippen LogP contribution in [-0.2, 0) is 13.3 Å². The van der Waals surface area contributed by atoms with Crippen LogP contribution in [0.5, 0.6) is 0 Å². The molecule has 0 aromatic rings. The van der Waals surface area contributed by atoms with Gasteiger partial charge in [-0.05, 0) is 27.3 Å². The Labute approximate surface area is 107 Å². The summed E-state index contributed by atoms with van der Waals surface area (Å²) in [7, 11) is -1.73. The summed E-state index contributed by atoms with van der Waals surface area (Å²) in [6.45, 7) is 13.4. The highest BCUT2D eigenvalue weighted by molar-refractivity contribution is 6.36. The molecule has 1 heterocycles. The minimum absolute atomic E-state index is 0.677. The second kappa shape index (κ2) is 12.5. The summed E-state index contributed by atoms with van der Waals surface area (Å²) in [6, 6.07) is 0.769. The van der Waals surface area contributed by atoms with Gasteiger partial charge in [-0.15, -0.1) is 0 Å². The van der Waals surface area contributed by atoms with Crippen LogP contribution < -0.4 is 10.6 Å². The average molecular weight is 264 g/mol. The fourth-order valence-electron chi connectivity index (χ4n) is 1.27. The van der Waals surface area contributed by atoms with Gasteiger partial charge in [-0.2, -0.15) is 0 Å². The molecule has 0 unspecified atom stereocenters. The van der Waals surface area contributed by atoms with Crippen LogP contribution in [0.4, 0.5) is 0 Å². The lowest BCUT2D eigenvalue weighted by Gasteiger charge is -2.27. The van der Waals surface area contributed by atoms with Gasteiger partial charge in [-0.1, -0.05) is 6.92 Å². The maximum atomic E-state index is 5.22. The molecule has 5 nitrogen and oxygen atoms in total. The first-order valence-electron chi connectivity index (χ1n) is 6.57. The van der Waals surface area contributed by atoms with Crippen molar-refractivity contribution in [1.82, 2.24) is 10.6 Å². The highest BCUT2D eigenvalue weighted by Crippen LogP contribution is 1.91. The zero-order valence-electron chi connectivity index (χ0n) is 11.6. The SMILES string of the molecule is CCNC1CNC1.CCO[SiH](OCC)OCC. The first-order valence-corrected chi connectivity index (χ1v) is 7.98. The van der Waals surface area contributed by atoms with Gasteiger partial charge in [0.05, 0.1) is 0 Å². The third kappa shape index (κ3) is 9.69. The highest BCUT2D eigenvalue weighted by Gasteiger charge is 2.13. The van der Waals surface area contributed by atoms with Gasteiger partial charge in [-0.3, -0.25) is 0 Å². The van der Waals surface area contributed by atoms with Crippen molar-refractivity contribution in [3.05, 3.63) is 0 Å². The molecule has 0 aromatic carbocycles. The maximum Gasteiger partial charge on any atom is 0.484 e.